The second kappa shape index (κ2) is 6.55. The SMILES string of the molecule is CCC(C)(C)c1nc(-c2ccc(O)cc2)cnc1-c1ccc(O)cc1. The summed E-state index contributed by atoms with van der Waals surface area (Å²) in [4.78, 5) is 9.59. The van der Waals surface area contributed by atoms with Crippen LogP contribution in [0.5, 0.6) is 11.5 Å². The van der Waals surface area contributed by atoms with Gasteiger partial charge >= 0.3 is 0 Å². The van der Waals surface area contributed by atoms with Crippen molar-refractivity contribution in [3.63, 3.8) is 0 Å². The maximum atomic E-state index is 9.54. The first kappa shape index (κ1) is 17.0. The molecule has 25 heavy (non-hydrogen) atoms. The fraction of sp³-hybridized carbons (Fsp3) is 0.238. The maximum absolute atomic E-state index is 9.54. The number of aromatic hydroxyl groups is 2. The van der Waals surface area contributed by atoms with Crippen LogP contribution in [0.1, 0.15) is 32.9 Å². The van der Waals surface area contributed by atoms with Gasteiger partial charge in [0.05, 0.1) is 23.3 Å². The van der Waals surface area contributed by atoms with E-state index in [2.05, 4.69) is 25.8 Å². The number of phenolic OH excluding ortho intramolecular Hbond substituents is 2. The molecule has 0 saturated carbocycles. The summed E-state index contributed by atoms with van der Waals surface area (Å²) in [5, 5.41) is 19.0. The highest BCUT2D eigenvalue weighted by atomic mass is 16.3. The standard InChI is InChI=1S/C21H22N2O2/c1-4-21(2,3)20-19(15-7-11-17(25)12-8-15)22-13-18(23-20)14-5-9-16(24)10-6-14/h5-13,24-25H,4H2,1-3H3. The van der Waals surface area contributed by atoms with Crippen LogP contribution < -0.4 is 0 Å². The van der Waals surface area contributed by atoms with Gasteiger partial charge in [-0.1, -0.05) is 20.8 Å². The number of hydrogen-bond acceptors (Lipinski definition) is 4. The number of rotatable bonds is 4. The quantitative estimate of drug-likeness (QED) is 0.711. The second-order valence-corrected chi connectivity index (χ2v) is 6.78. The van der Waals surface area contributed by atoms with Crippen molar-refractivity contribution in [2.45, 2.75) is 32.6 Å². The molecule has 3 rings (SSSR count). The van der Waals surface area contributed by atoms with Crippen LogP contribution in [0, 0.1) is 0 Å². The average Bonchev–Trinajstić information content (AvgIpc) is 2.62. The predicted octanol–water partition coefficient (Wildman–Crippen LogP) is 4.91. The summed E-state index contributed by atoms with van der Waals surface area (Å²) in [7, 11) is 0. The monoisotopic (exact) mass is 334 g/mol. The fourth-order valence-corrected chi connectivity index (χ4v) is 2.63. The molecule has 2 aromatic carbocycles. The minimum absolute atomic E-state index is 0.146. The number of phenols is 2. The molecule has 2 N–H and O–H groups in total. The lowest BCUT2D eigenvalue weighted by Gasteiger charge is -2.25. The fourth-order valence-electron chi connectivity index (χ4n) is 2.63. The molecule has 1 aromatic heterocycles. The average molecular weight is 334 g/mol. The minimum atomic E-state index is -0.146. The van der Waals surface area contributed by atoms with Gasteiger partial charge < -0.3 is 10.2 Å². The van der Waals surface area contributed by atoms with E-state index in [4.69, 9.17) is 4.98 Å². The van der Waals surface area contributed by atoms with Crippen molar-refractivity contribution in [2.24, 2.45) is 0 Å². The highest BCUT2D eigenvalue weighted by Crippen LogP contribution is 2.34. The number of nitrogens with zero attached hydrogens (tertiary/aromatic N) is 2. The van der Waals surface area contributed by atoms with E-state index in [-0.39, 0.29) is 16.9 Å². The van der Waals surface area contributed by atoms with E-state index in [9.17, 15) is 10.2 Å². The van der Waals surface area contributed by atoms with Crippen LogP contribution in [-0.4, -0.2) is 20.2 Å². The van der Waals surface area contributed by atoms with Crippen molar-refractivity contribution in [1.29, 1.82) is 0 Å². The van der Waals surface area contributed by atoms with Crippen LogP contribution in [0.4, 0.5) is 0 Å². The van der Waals surface area contributed by atoms with Crippen LogP contribution in [0.25, 0.3) is 22.5 Å². The Balaban J connectivity index is 2.16. The zero-order valence-corrected chi connectivity index (χ0v) is 14.7. The third kappa shape index (κ3) is 3.48. The second-order valence-electron chi connectivity index (χ2n) is 6.78. The summed E-state index contributed by atoms with van der Waals surface area (Å²) in [5.74, 6) is 0.459. The van der Waals surface area contributed by atoms with Crippen molar-refractivity contribution < 1.29 is 10.2 Å². The highest BCUT2D eigenvalue weighted by molar-refractivity contribution is 5.67. The lowest BCUT2D eigenvalue weighted by Crippen LogP contribution is -2.20. The van der Waals surface area contributed by atoms with Crippen molar-refractivity contribution in [3.05, 3.63) is 60.4 Å². The third-order valence-electron chi connectivity index (χ3n) is 4.60. The van der Waals surface area contributed by atoms with E-state index in [1.54, 1.807) is 30.5 Å². The Bertz CT molecular complexity index is 869. The Morgan fingerprint density at radius 2 is 1.36 bits per heavy atom. The lowest BCUT2D eigenvalue weighted by atomic mass is 9.83. The topological polar surface area (TPSA) is 66.2 Å². The molecule has 1 heterocycles. The zero-order chi connectivity index (χ0) is 18.0. The predicted molar refractivity (Wildman–Crippen MR) is 99.6 cm³/mol. The molecule has 0 fully saturated rings. The van der Waals surface area contributed by atoms with E-state index >= 15 is 0 Å². The van der Waals surface area contributed by atoms with Crippen molar-refractivity contribution in [1.82, 2.24) is 9.97 Å². The molecule has 0 bridgehead atoms. The largest absolute Gasteiger partial charge is 0.508 e. The molecule has 0 aliphatic carbocycles. The van der Waals surface area contributed by atoms with Gasteiger partial charge in [0.15, 0.2) is 0 Å². The Morgan fingerprint density at radius 3 is 1.88 bits per heavy atom. The Morgan fingerprint density at radius 1 is 0.840 bits per heavy atom. The molecular weight excluding hydrogens is 312 g/mol. The van der Waals surface area contributed by atoms with Crippen molar-refractivity contribution >= 4 is 0 Å². The van der Waals surface area contributed by atoms with Crippen LogP contribution in [0.2, 0.25) is 0 Å². The molecule has 0 radical (unpaired) electrons. The van der Waals surface area contributed by atoms with Gasteiger partial charge in [-0.3, -0.25) is 4.98 Å². The van der Waals surface area contributed by atoms with E-state index in [0.717, 1.165) is 34.6 Å². The number of aromatic nitrogens is 2. The van der Waals surface area contributed by atoms with Gasteiger partial charge in [-0.05, 0) is 55.0 Å². The normalized spacial score (nSPS) is 11.5. The molecule has 0 amide bonds. The van der Waals surface area contributed by atoms with E-state index < -0.39 is 0 Å². The number of benzene rings is 2. The number of hydrogen-bond donors (Lipinski definition) is 2. The first-order chi connectivity index (χ1) is 11.9. The smallest absolute Gasteiger partial charge is 0.115 e. The molecule has 128 valence electrons. The summed E-state index contributed by atoms with van der Waals surface area (Å²) in [6.45, 7) is 6.44. The van der Waals surface area contributed by atoms with E-state index in [0.29, 0.717) is 0 Å². The summed E-state index contributed by atoms with van der Waals surface area (Å²) < 4.78 is 0. The molecule has 0 atom stereocenters. The van der Waals surface area contributed by atoms with Gasteiger partial charge in [-0.15, -0.1) is 0 Å². The van der Waals surface area contributed by atoms with Gasteiger partial charge in [-0.25, -0.2) is 4.98 Å². The van der Waals surface area contributed by atoms with Crippen molar-refractivity contribution in [2.75, 3.05) is 0 Å². The maximum Gasteiger partial charge on any atom is 0.115 e. The molecular formula is C21H22N2O2. The van der Waals surface area contributed by atoms with Crippen LogP contribution >= 0.6 is 0 Å². The van der Waals surface area contributed by atoms with Crippen molar-refractivity contribution in [3.8, 4) is 34.0 Å². The first-order valence-corrected chi connectivity index (χ1v) is 8.37. The summed E-state index contributed by atoms with van der Waals surface area (Å²) in [6, 6.07) is 14.0. The van der Waals surface area contributed by atoms with Gasteiger partial charge in [0, 0.05) is 16.5 Å². The van der Waals surface area contributed by atoms with Gasteiger partial charge in [-0.2, -0.15) is 0 Å². The molecule has 0 saturated heterocycles. The molecule has 4 nitrogen and oxygen atoms in total. The Kier molecular flexibility index (Phi) is 4.45. The molecule has 0 unspecified atom stereocenters. The molecule has 0 aliphatic heterocycles. The summed E-state index contributed by atoms with van der Waals surface area (Å²) >= 11 is 0. The van der Waals surface area contributed by atoms with Crippen LogP contribution in [-0.2, 0) is 5.41 Å². The molecule has 0 aliphatic rings. The molecule has 0 spiro atoms. The van der Waals surface area contributed by atoms with Gasteiger partial charge in [0.1, 0.15) is 11.5 Å². The highest BCUT2D eigenvalue weighted by Gasteiger charge is 2.26. The Labute approximate surface area is 147 Å². The summed E-state index contributed by atoms with van der Waals surface area (Å²) in [5.41, 5.74) is 4.22. The zero-order valence-electron chi connectivity index (χ0n) is 14.7. The van der Waals surface area contributed by atoms with Gasteiger partial charge in [0.2, 0.25) is 0 Å². The third-order valence-corrected chi connectivity index (χ3v) is 4.60. The van der Waals surface area contributed by atoms with Gasteiger partial charge in [0.25, 0.3) is 0 Å². The first-order valence-electron chi connectivity index (χ1n) is 8.37. The molecule has 4 heteroatoms. The molecule has 3 aromatic rings. The lowest BCUT2D eigenvalue weighted by molar-refractivity contribution is 0.474. The van der Waals surface area contributed by atoms with Crippen LogP contribution in [0.15, 0.2) is 54.7 Å². The van der Waals surface area contributed by atoms with E-state index in [1.165, 1.54) is 0 Å². The van der Waals surface area contributed by atoms with Crippen LogP contribution in [0.3, 0.4) is 0 Å². The van der Waals surface area contributed by atoms with E-state index in [1.807, 2.05) is 24.3 Å². The summed E-state index contributed by atoms with van der Waals surface area (Å²) in [6.07, 6.45) is 2.68. The minimum Gasteiger partial charge on any atom is -0.508 e. The Hall–Kier alpha value is -2.88.